The van der Waals surface area contributed by atoms with Crippen LogP contribution in [0.1, 0.15) is 39.2 Å². The Hall–Kier alpha value is -2.69. The molecule has 0 radical (unpaired) electrons. The Morgan fingerprint density at radius 2 is 1.65 bits per heavy atom. The second-order valence-corrected chi connectivity index (χ2v) is 7.41. The summed E-state index contributed by atoms with van der Waals surface area (Å²) in [6.07, 6.45) is 0. The van der Waals surface area contributed by atoms with Gasteiger partial charge in [-0.3, -0.25) is 14.5 Å². The van der Waals surface area contributed by atoms with E-state index < -0.39 is 5.54 Å². The van der Waals surface area contributed by atoms with Gasteiger partial charge in [0.2, 0.25) is 5.91 Å². The van der Waals surface area contributed by atoms with Crippen LogP contribution in [0.4, 0.5) is 15.8 Å². The van der Waals surface area contributed by atoms with Crippen molar-refractivity contribution in [2.24, 2.45) is 0 Å². The Morgan fingerprint density at radius 1 is 1.00 bits per heavy atom. The van der Waals surface area contributed by atoms with Crippen LogP contribution in [0.3, 0.4) is 0 Å². The molecule has 0 aromatic heterocycles. The first-order valence-electron chi connectivity index (χ1n) is 8.72. The summed E-state index contributed by atoms with van der Waals surface area (Å²) in [5.74, 6) is -0.415. The fourth-order valence-corrected chi connectivity index (χ4v) is 3.33. The first kappa shape index (κ1) is 18.1. The molecule has 0 saturated carbocycles. The van der Waals surface area contributed by atoms with E-state index in [9.17, 15) is 14.0 Å². The highest BCUT2D eigenvalue weighted by Crippen LogP contribution is 2.33. The van der Waals surface area contributed by atoms with Crippen molar-refractivity contribution in [2.75, 3.05) is 16.3 Å². The van der Waals surface area contributed by atoms with Crippen LogP contribution in [0, 0.1) is 5.82 Å². The minimum Gasteiger partial charge on any atom is -0.301 e. The third-order valence-corrected chi connectivity index (χ3v) is 4.80. The Balaban J connectivity index is 1.98. The third kappa shape index (κ3) is 3.09. The monoisotopic (exact) mass is 354 g/mol. The molecular formula is C21H23FN2O2. The summed E-state index contributed by atoms with van der Waals surface area (Å²) in [7, 11) is 0. The zero-order valence-corrected chi connectivity index (χ0v) is 15.5. The molecule has 1 aliphatic rings. The van der Waals surface area contributed by atoms with Gasteiger partial charge in [-0.1, -0.05) is 26.0 Å². The van der Waals surface area contributed by atoms with E-state index in [-0.39, 0.29) is 24.2 Å². The number of carbonyl (C=O) groups is 2. The van der Waals surface area contributed by atoms with Gasteiger partial charge < -0.3 is 4.90 Å². The highest BCUT2D eigenvalue weighted by Gasteiger charge is 2.47. The number of hydrogen-bond acceptors (Lipinski definition) is 2. The first-order chi connectivity index (χ1) is 12.2. The van der Waals surface area contributed by atoms with Crippen LogP contribution in [0.25, 0.3) is 0 Å². The zero-order chi connectivity index (χ0) is 19.1. The van der Waals surface area contributed by atoms with E-state index >= 15 is 0 Å². The lowest BCUT2D eigenvalue weighted by Gasteiger charge is -2.45. The van der Waals surface area contributed by atoms with Crippen LogP contribution >= 0.6 is 0 Å². The molecule has 4 nitrogen and oxygen atoms in total. The molecule has 1 saturated heterocycles. The highest BCUT2D eigenvalue weighted by atomic mass is 19.1. The number of nitrogens with zero attached hydrogens (tertiary/aromatic N) is 2. The largest absolute Gasteiger partial charge is 0.301 e. The molecule has 2 aromatic carbocycles. The van der Waals surface area contributed by atoms with Gasteiger partial charge in [0.05, 0.1) is 0 Å². The van der Waals surface area contributed by atoms with Crippen LogP contribution in [0.2, 0.25) is 0 Å². The summed E-state index contributed by atoms with van der Waals surface area (Å²) in [6, 6.07) is 13.4. The number of piperazine rings is 1. The molecule has 0 atom stereocenters. The number of hydrogen-bond donors (Lipinski definition) is 0. The number of benzene rings is 2. The van der Waals surface area contributed by atoms with E-state index in [4.69, 9.17) is 0 Å². The van der Waals surface area contributed by atoms with Crippen molar-refractivity contribution >= 4 is 23.2 Å². The van der Waals surface area contributed by atoms with Gasteiger partial charge in [0, 0.05) is 11.4 Å². The third-order valence-electron chi connectivity index (χ3n) is 4.80. The topological polar surface area (TPSA) is 40.6 Å². The fraction of sp³-hybridized carbons (Fsp3) is 0.333. The Bertz CT molecular complexity index is 843. The highest BCUT2D eigenvalue weighted by molar-refractivity contribution is 6.16. The van der Waals surface area contributed by atoms with Gasteiger partial charge in [-0.15, -0.1) is 0 Å². The van der Waals surface area contributed by atoms with Crippen molar-refractivity contribution in [3.05, 3.63) is 59.9 Å². The molecule has 5 heteroatoms. The van der Waals surface area contributed by atoms with Crippen molar-refractivity contribution in [3.63, 3.8) is 0 Å². The van der Waals surface area contributed by atoms with Crippen LogP contribution in [-0.4, -0.2) is 23.9 Å². The molecule has 136 valence electrons. The molecular weight excluding hydrogens is 331 g/mol. The SMILES string of the molecule is CC(C)c1cccc(N2CC(=O)N(c3ccc(F)cc3)C(C)(C)C2=O)c1. The summed E-state index contributed by atoms with van der Waals surface area (Å²) in [5.41, 5.74) is 1.29. The molecule has 0 bridgehead atoms. The fourth-order valence-electron chi connectivity index (χ4n) is 3.33. The van der Waals surface area contributed by atoms with E-state index in [1.165, 1.54) is 34.1 Å². The van der Waals surface area contributed by atoms with Gasteiger partial charge >= 0.3 is 0 Å². The van der Waals surface area contributed by atoms with Crippen molar-refractivity contribution in [1.82, 2.24) is 0 Å². The van der Waals surface area contributed by atoms with Gasteiger partial charge in [-0.2, -0.15) is 0 Å². The molecule has 2 aromatic rings. The van der Waals surface area contributed by atoms with Crippen molar-refractivity contribution in [1.29, 1.82) is 0 Å². The minimum absolute atomic E-state index is 0.0405. The number of amides is 2. The molecule has 1 fully saturated rings. The van der Waals surface area contributed by atoms with E-state index in [2.05, 4.69) is 13.8 Å². The number of anilines is 2. The van der Waals surface area contributed by atoms with Gasteiger partial charge in [-0.05, 0) is 61.7 Å². The summed E-state index contributed by atoms with van der Waals surface area (Å²) < 4.78 is 13.2. The van der Waals surface area contributed by atoms with Crippen LogP contribution < -0.4 is 9.80 Å². The maximum atomic E-state index is 13.2. The summed E-state index contributed by atoms with van der Waals surface area (Å²) in [5, 5.41) is 0. The Labute approximate surface area is 153 Å². The number of halogens is 1. The Kier molecular flexibility index (Phi) is 4.57. The maximum Gasteiger partial charge on any atom is 0.253 e. The number of carbonyl (C=O) groups excluding carboxylic acids is 2. The second-order valence-electron chi connectivity index (χ2n) is 7.41. The lowest BCUT2D eigenvalue weighted by molar-refractivity contribution is -0.131. The summed E-state index contributed by atoms with van der Waals surface area (Å²) >= 11 is 0. The molecule has 1 heterocycles. The maximum absolute atomic E-state index is 13.2. The molecule has 0 aliphatic carbocycles. The van der Waals surface area contributed by atoms with Gasteiger partial charge in [-0.25, -0.2) is 4.39 Å². The molecule has 0 unspecified atom stereocenters. The molecule has 3 rings (SSSR count). The molecule has 0 N–H and O–H groups in total. The average molecular weight is 354 g/mol. The minimum atomic E-state index is -1.07. The zero-order valence-electron chi connectivity index (χ0n) is 15.5. The van der Waals surface area contributed by atoms with Crippen molar-refractivity contribution in [2.45, 2.75) is 39.2 Å². The molecule has 26 heavy (non-hydrogen) atoms. The lowest BCUT2D eigenvalue weighted by atomic mass is 9.94. The van der Waals surface area contributed by atoms with Gasteiger partial charge in [0.15, 0.2) is 0 Å². The van der Waals surface area contributed by atoms with E-state index in [1.807, 2.05) is 24.3 Å². The molecule has 1 aliphatic heterocycles. The smallest absolute Gasteiger partial charge is 0.253 e. The number of rotatable bonds is 3. The van der Waals surface area contributed by atoms with Crippen LogP contribution in [0.15, 0.2) is 48.5 Å². The standard InChI is InChI=1S/C21H23FN2O2/c1-14(2)15-6-5-7-18(12-15)23-13-19(25)24(21(3,4)20(23)26)17-10-8-16(22)9-11-17/h5-12,14H,13H2,1-4H3. The van der Waals surface area contributed by atoms with Crippen molar-refractivity contribution in [3.8, 4) is 0 Å². The van der Waals surface area contributed by atoms with Crippen LogP contribution in [-0.2, 0) is 9.59 Å². The van der Waals surface area contributed by atoms with E-state index in [0.717, 1.165) is 11.3 Å². The van der Waals surface area contributed by atoms with Crippen LogP contribution in [0.5, 0.6) is 0 Å². The van der Waals surface area contributed by atoms with Crippen molar-refractivity contribution < 1.29 is 14.0 Å². The van der Waals surface area contributed by atoms with Gasteiger partial charge in [0.1, 0.15) is 17.9 Å². The summed E-state index contributed by atoms with van der Waals surface area (Å²) in [4.78, 5) is 29.1. The Morgan fingerprint density at radius 3 is 2.27 bits per heavy atom. The molecule has 0 spiro atoms. The lowest BCUT2D eigenvalue weighted by Crippen LogP contribution is -2.66. The normalized spacial score (nSPS) is 17.2. The second kappa shape index (κ2) is 6.56. The average Bonchev–Trinajstić information content (AvgIpc) is 2.60. The molecule has 2 amide bonds. The van der Waals surface area contributed by atoms with E-state index in [1.54, 1.807) is 13.8 Å². The van der Waals surface area contributed by atoms with E-state index in [0.29, 0.717) is 11.6 Å². The predicted molar refractivity (Wildman–Crippen MR) is 101 cm³/mol. The van der Waals surface area contributed by atoms with Gasteiger partial charge in [0.25, 0.3) is 5.91 Å². The first-order valence-corrected chi connectivity index (χ1v) is 8.72. The summed E-state index contributed by atoms with van der Waals surface area (Å²) in [6.45, 7) is 7.57. The predicted octanol–water partition coefficient (Wildman–Crippen LogP) is 4.11. The quantitative estimate of drug-likeness (QED) is 0.832.